The molecule has 0 aliphatic rings. The summed E-state index contributed by atoms with van der Waals surface area (Å²) in [4.78, 5) is 8.51. The van der Waals surface area contributed by atoms with Crippen molar-refractivity contribution in [2.45, 2.75) is 33.3 Å². The predicted molar refractivity (Wildman–Crippen MR) is 169 cm³/mol. The molecule has 0 atom stereocenters. The van der Waals surface area contributed by atoms with Gasteiger partial charge in [0.05, 0.1) is 53.2 Å². The first-order valence-electron chi connectivity index (χ1n) is 13.3. The number of nitrogens with zero attached hydrogens (tertiary/aromatic N) is 3. The molecule has 6 N–H and O–H groups in total. The van der Waals surface area contributed by atoms with Gasteiger partial charge < -0.3 is 31.0 Å². The molecule has 2 aromatic heterocycles. The Morgan fingerprint density at radius 1 is 1.09 bits per heavy atom. The Morgan fingerprint density at radius 3 is 2.49 bits per heavy atom. The summed E-state index contributed by atoms with van der Waals surface area (Å²) >= 11 is 12.4. The number of hydrogen-bond donors (Lipinski definition) is 4. The summed E-state index contributed by atoms with van der Waals surface area (Å²) in [5.74, 6) is 0.267. The molecular formula is C30H34Cl2FN7O3. The fourth-order valence-electron chi connectivity index (χ4n) is 3.67. The number of unbranched alkanes of at least 4 members (excludes halogenated alkanes) is 1. The summed E-state index contributed by atoms with van der Waals surface area (Å²) in [6.07, 6.45) is 3.81. The Balaban J connectivity index is 0.00000121. The Bertz CT molecular complexity index is 1550. The van der Waals surface area contributed by atoms with Crippen LogP contribution in [0.2, 0.25) is 10.2 Å². The third-order valence-electron chi connectivity index (χ3n) is 5.56. The second kappa shape index (κ2) is 18.2. The average Bonchev–Trinajstić information content (AvgIpc) is 3.01. The van der Waals surface area contributed by atoms with Crippen LogP contribution in [0.4, 0.5) is 15.8 Å². The Morgan fingerprint density at radius 2 is 1.84 bits per heavy atom. The summed E-state index contributed by atoms with van der Waals surface area (Å²) in [5, 5.41) is 19.7. The molecule has 10 nitrogen and oxygen atoms in total. The van der Waals surface area contributed by atoms with Crippen molar-refractivity contribution in [2.75, 3.05) is 25.6 Å². The monoisotopic (exact) mass is 629 g/mol. The first-order chi connectivity index (χ1) is 20.8. The number of methoxy groups -OCH3 is 1. The van der Waals surface area contributed by atoms with Crippen molar-refractivity contribution in [1.82, 2.24) is 9.97 Å². The van der Waals surface area contributed by atoms with E-state index in [1.807, 2.05) is 13.8 Å². The number of halogens is 3. The highest BCUT2D eigenvalue weighted by Gasteiger charge is 2.17. The smallest absolute Gasteiger partial charge is 0.167 e. The van der Waals surface area contributed by atoms with E-state index in [2.05, 4.69) is 27.1 Å². The van der Waals surface area contributed by atoms with E-state index in [-0.39, 0.29) is 28.6 Å². The second-order valence-corrected chi connectivity index (χ2v) is 9.11. The molecule has 13 heteroatoms. The van der Waals surface area contributed by atoms with Crippen molar-refractivity contribution in [3.05, 3.63) is 75.9 Å². The van der Waals surface area contributed by atoms with Crippen molar-refractivity contribution in [3.63, 3.8) is 0 Å². The van der Waals surface area contributed by atoms with Crippen molar-refractivity contribution < 1.29 is 18.6 Å². The molecule has 0 aliphatic heterocycles. The number of pyridine rings is 2. The predicted octanol–water partition coefficient (Wildman–Crippen LogP) is 6.97. The number of nitriles is 1. The third kappa shape index (κ3) is 9.85. The SMILES string of the molecule is CC.COc1cc2c(Nc3cc(F)c(OCc4cccc(Cl)n4)cc3Cl)c(C#N)cnc2cc1OCCCCN.N=CN. The number of fused-ring (bicyclic) bond motifs is 1. The minimum absolute atomic E-state index is 0.00454. The van der Waals surface area contributed by atoms with Crippen molar-refractivity contribution >= 4 is 51.8 Å². The van der Waals surface area contributed by atoms with Gasteiger partial charge in [0.1, 0.15) is 17.8 Å². The number of anilines is 2. The Kier molecular flexibility index (Phi) is 14.8. The molecule has 0 amide bonds. The van der Waals surface area contributed by atoms with E-state index in [0.29, 0.717) is 52.1 Å². The van der Waals surface area contributed by atoms with Crippen LogP contribution in [-0.2, 0) is 6.61 Å². The molecule has 4 rings (SSSR count). The van der Waals surface area contributed by atoms with Crippen LogP contribution >= 0.6 is 23.2 Å². The summed E-state index contributed by atoms with van der Waals surface area (Å²) in [5.41, 5.74) is 11.9. The quantitative estimate of drug-likeness (QED) is 0.0592. The molecule has 0 fully saturated rings. The number of rotatable bonds is 11. The fourth-order valence-corrected chi connectivity index (χ4v) is 4.05. The maximum absolute atomic E-state index is 15.0. The zero-order valence-electron chi connectivity index (χ0n) is 24.1. The highest BCUT2D eigenvalue weighted by molar-refractivity contribution is 6.33. The lowest BCUT2D eigenvalue weighted by Gasteiger charge is -2.16. The van der Waals surface area contributed by atoms with Gasteiger partial charge in [0, 0.05) is 29.8 Å². The number of hydrogen-bond acceptors (Lipinski definition) is 9. The Labute approximate surface area is 260 Å². The highest BCUT2D eigenvalue weighted by atomic mass is 35.5. The zero-order valence-corrected chi connectivity index (χ0v) is 25.6. The number of ether oxygens (including phenoxy) is 3. The topological polar surface area (TPSA) is 165 Å². The lowest BCUT2D eigenvalue weighted by atomic mass is 10.1. The van der Waals surface area contributed by atoms with Crippen LogP contribution in [-0.4, -0.2) is 36.6 Å². The lowest BCUT2D eigenvalue weighted by Crippen LogP contribution is -2.05. The minimum atomic E-state index is -0.651. The van der Waals surface area contributed by atoms with Crippen LogP contribution in [0.1, 0.15) is 37.9 Å². The molecule has 0 aliphatic carbocycles. The van der Waals surface area contributed by atoms with Gasteiger partial charge in [-0.1, -0.05) is 43.1 Å². The van der Waals surface area contributed by atoms with E-state index in [1.165, 1.54) is 25.4 Å². The van der Waals surface area contributed by atoms with Crippen LogP contribution in [0.5, 0.6) is 17.2 Å². The van der Waals surface area contributed by atoms with Crippen LogP contribution in [0.25, 0.3) is 10.9 Å². The number of nitrogens with two attached hydrogens (primary N) is 2. The van der Waals surface area contributed by atoms with Gasteiger partial charge in [0.25, 0.3) is 0 Å². The van der Waals surface area contributed by atoms with Gasteiger partial charge in [0.2, 0.25) is 0 Å². The van der Waals surface area contributed by atoms with E-state index in [9.17, 15) is 9.65 Å². The van der Waals surface area contributed by atoms with E-state index in [4.69, 9.17) is 48.6 Å². The summed E-state index contributed by atoms with van der Waals surface area (Å²) in [6, 6.07) is 13.2. The van der Waals surface area contributed by atoms with Gasteiger partial charge in [-0.15, -0.1) is 0 Å². The van der Waals surface area contributed by atoms with Crippen LogP contribution in [0.3, 0.4) is 0 Å². The zero-order chi connectivity index (χ0) is 31.8. The van der Waals surface area contributed by atoms with Crippen molar-refractivity contribution in [1.29, 1.82) is 10.7 Å². The van der Waals surface area contributed by atoms with Gasteiger partial charge in [0.15, 0.2) is 23.1 Å². The van der Waals surface area contributed by atoms with Gasteiger partial charge in [-0.25, -0.2) is 9.37 Å². The molecule has 2 heterocycles. The molecule has 0 unspecified atom stereocenters. The fraction of sp³-hybridized carbons (Fsp3) is 0.267. The first kappa shape index (κ1) is 34.8. The normalized spacial score (nSPS) is 9.91. The summed E-state index contributed by atoms with van der Waals surface area (Å²) in [6.45, 7) is 5.06. The van der Waals surface area contributed by atoms with Crippen molar-refractivity contribution in [3.8, 4) is 23.3 Å². The number of benzene rings is 2. The van der Waals surface area contributed by atoms with Crippen LogP contribution in [0, 0.1) is 22.6 Å². The molecule has 4 aromatic rings. The largest absolute Gasteiger partial charge is 0.493 e. The molecule has 0 spiro atoms. The van der Waals surface area contributed by atoms with E-state index in [0.717, 1.165) is 19.2 Å². The molecular weight excluding hydrogens is 596 g/mol. The molecule has 43 heavy (non-hydrogen) atoms. The van der Waals surface area contributed by atoms with Gasteiger partial charge in [-0.2, -0.15) is 5.26 Å². The summed E-state index contributed by atoms with van der Waals surface area (Å²) in [7, 11) is 1.52. The van der Waals surface area contributed by atoms with E-state index >= 15 is 0 Å². The first-order valence-corrected chi connectivity index (χ1v) is 14.0. The molecule has 0 radical (unpaired) electrons. The molecule has 0 saturated heterocycles. The summed E-state index contributed by atoms with van der Waals surface area (Å²) < 4.78 is 31.9. The standard InChI is InChI=1S/C27H24Cl2FN5O3.C2H6.CH4N2/c1-36-24-9-18-21(12-25(24)37-8-3-2-7-31)33-14-16(13-32)27(18)35-22-11-20(30)23(10-19(22)28)38-15-17-5-4-6-26(29)34-17;1-2;2-1-3/h4-6,9-12,14H,2-3,7-8,15,31H2,1H3,(H,33,35);1-2H3;1H,(H3,2,3). The number of nitrogens with one attached hydrogen (secondary N) is 2. The van der Waals surface area contributed by atoms with Crippen LogP contribution < -0.4 is 31.0 Å². The highest BCUT2D eigenvalue weighted by Crippen LogP contribution is 2.39. The molecule has 228 valence electrons. The van der Waals surface area contributed by atoms with Gasteiger partial charge in [-0.3, -0.25) is 10.4 Å². The van der Waals surface area contributed by atoms with E-state index in [1.54, 1.807) is 30.3 Å². The maximum Gasteiger partial charge on any atom is 0.167 e. The second-order valence-electron chi connectivity index (χ2n) is 8.32. The molecule has 0 bridgehead atoms. The van der Waals surface area contributed by atoms with Crippen LogP contribution in [0.15, 0.2) is 48.7 Å². The molecule has 0 saturated carbocycles. The average molecular weight is 631 g/mol. The van der Waals surface area contributed by atoms with Gasteiger partial charge in [-0.05, 0) is 37.6 Å². The Hall–Kier alpha value is -4.37. The van der Waals surface area contributed by atoms with Crippen molar-refractivity contribution in [2.24, 2.45) is 11.5 Å². The number of aromatic nitrogens is 2. The van der Waals surface area contributed by atoms with E-state index < -0.39 is 5.82 Å². The lowest BCUT2D eigenvalue weighted by molar-refractivity contribution is 0.286. The molecule has 2 aromatic carbocycles. The third-order valence-corrected chi connectivity index (χ3v) is 6.08. The maximum atomic E-state index is 15.0. The van der Waals surface area contributed by atoms with Gasteiger partial charge >= 0.3 is 0 Å². The minimum Gasteiger partial charge on any atom is -0.493 e.